The van der Waals surface area contributed by atoms with Crippen molar-refractivity contribution in [3.8, 4) is 22.8 Å². The van der Waals surface area contributed by atoms with Gasteiger partial charge in [-0.25, -0.2) is 4.79 Å². The molecule has 0 aliphatic carbocycles. The normalized spacial score (nSPS) is 11.1. The van der Waals surface area contributed by atoms with Crippen LogP contribution >= 0.6 is 22.9 Å². The van der Waals surface area contributed by atoms with E-state index in [0.717, 1.165) is 19.1 Å². The first kappa shape index (κ1) is 30.3. The summed E-state index contributed by atoms with van der Waals surface area (Å²) in [7, 11) is 0. The fraction of sp³-hybridized carbons (Fsp3) is 0.0690. The van der Waals surface area contributed by atoms with E-state index >= 15 is 0 Å². The lowest BCUT2D eigenvalue weighted by Gasteiger charge is -2.15. The van der Waals surface area contributed by atoms with Crippen molar-refractivity contribution in [3.63, 3.8) is 0 Å². The Morgan fingerprint density at radius 1 is 0.864 bits per heavy atom. The van der Waals surface area contributed by atoms with Gasteiger partial charge in [0.05, 0.1) is 21.2 Å². The topological polar surface area (TPSA) is 138 Å². The van der Waals surface area contributed by atoms with Gasteiger partial charge in [-0.1, -0.05) is 28.9 Å². The van der Waals surface area contributed by atoms with Gasteiger partial charge in [-0.2, -0.15) is 18.2 Å². The molecule has 0 saturated heterocycles. The van der Waals surface area contributed by atoms with Gasteiger partial charge in [0.1, 0.15) is 0 Å². The van der Waals surface area contributed by atoms with Crippen molar-refractivity contribution in [1.29, 1.82) is 0 Å². The zero-order chi connectivity index (χ0) is 31.4. The zero-order valence-corrected chi connectivity index (χ0v) is 24.0. The molecule has 3 aromatic carbocycles. The van der Waals surface area contributed by atoms with Gasteiger partial charge >= 0.3 is 12.2 Å². The van der Waals surface area contributed by atoms with Gasteiger partial charge in [0.2, 0.25) is 11.7 Å². The first-order chi connectivity index (χ1) is 21.0. The van der Waals surface area contributed by atoms with Crippen LogP contribution in [0.1, 0.15) is 22.2 Å². The van der Waals surface area contributed by atoms with E-state index in [2.05, 4.69) is 31.4 Å². The van der Waals surface area contributed by atoms with Crippen LogP contribution in [0.4, 0.5) is 40.7 Å². The molecule has 44 heavy (non-hydrogen) atoms. The van der Waals surface area contributed by atoms with Crippen LogP contribution in [0.15, 0.2) is 82.7 Å². The van der Waals surface area contributed by atoms with E-state index in [4.69, 9.17) is 16.1 Å². The Bertz CT molecular complexity index is 1860. The molecular formula is C29H20ClF3N6O4S. The first-order valence-corrected chi connectivity index (χ1v) is 13.9. The predicted octanol–water partition coefficient (Wildman–Crippen LogP) is 7.99. The van der Waals surface area contributed by atoms with Crippen molar-refractivity contribution in [2.45, 2.75) is 13.1 Å². The molecule has 2 aromatic heterocycles. The third-order valence-electron chi connectivity index (χ3n) is 5.90. The second kappa shape index (κ2) is 12.6. The summed E-state index contributed by atoms with van der Waals surface area (Å²) < 4.78 is 45.9. The van der Waals surface area contributed by atoms with E-state index in [9.17, 15) is 27.6 Å². The molecule has 224 valence electrons. The summed E-state index contributed by atoms with van der Waals surface area (Å²) >= 11 is 7.75. The molecular weight excluding hydrogens is 621 g/mol. The molecule has 0 aliphatic heterocycles. The lowest BCUT2D eigenvalue weighted by molar-refractivity contribution is -0.136. The van der Waals surface area contributed by atoms with Gasteiger partial charge in [-0.15, -0.1) is 11.3 Å². The molecule has 5 rings (SSSR count). The number of urea groups is 1. The molecule has 0 aliphatic rings. The van der Waals surface area contributed by atoms with Gasteiger partial charge in [0.15, 0.2) is 0 Å². The molecule has 0 saturated carbocycles. The van der Waals surface area contributed by atoms with Crippen molar-refractivity contribution >= 4 is 63.5 Å². The summed E-state index contributed by atoms with van der Waals surface area (Å²) in [6.45, 7) is 1.09. The molecule has 10 nitrogen and oxygen atoms in total. The average Bonchev–Trinajstić information content (AvgIpc) is 3.67. The van der Waals surface area contributed by atoms with Crippen molar-refractivity contribution in [2.24, 2.45) is 0 Å². The number of amides is 4. The van der Waals surface area contributed by atoms with E-state index < -0.39 is 29.4 Å². The van der Waals surface area contributed by atoms with E-state index in [1.807, 2.05) is 0 Å². The van der Waals surface area contributed by atoms with Crippen molar-refractivity contribution < 1.29 is 32.1 Å². The lowest BCUT2D eigenvalue weighted by Crippen LogP contribution is -2.20. The molecule has 0 bridgehead atoms. The molecule has 0 spiro atoms. The third-order valence-corrected chi connectivity index (χ3v) is 7.08. The highest BCUT2D eigenvalue weighted by Crippen LogP contribution is 2.37. The van der Waals surface area contributed by atoms with Gasteiger partial charge in [0.25, 0.3) is 11.8 Å². The Kier molecular flexibility index (Phi) is 8.64. The molecule has 0 radical (unpaired) electrons. The van der Waals surface area contributed by atoms with E-state index in [0.29, 0.717) is 21.7 Å². The third kappa shape index (κ3) is 7.22. The molecule has 5 aromatic rings. The number of carbonyl (C=O) groups is 3. The number of halogens is 4. The number of anilines is 4. The monoisotopic (exact) mass is 640 g/mol. The number of rotatable bonds is 7. The number of nitrogens with zero attached hydrogens (tertiary/aromatic N) is 2. The maximum Gasteiger partial charge on any atom is 0.418 e. The fourth-order valence-corrected chi connectivity index (χ4v) is 4.89. The number of hydrogen-bond acceptors (Lipinski definition) is 7. The summed E-state index contributed by atoms with van der Waals surface area (Å²) in [6, 6.07) is 16.9. The highest BCUT2D eigenvalue weighted by atomic mass is 35.5. The van der Waals surface area contributed by atoms with Crippen LogP contribution in [-0.4, -0.2) is 28.0 Å². The SMILES string of the molecule is CC(=O)Nc1ccc(NC(=O)Nc2cccc(-c3nc(-c4ccc(NC(=O)c5cccs5)cc4Cl)no3)c2)cc1C(F)(F)F. The molecule has 2 heterocycles. The fourth-order valence-electron chi connectivity index (χ4n) is 4.00. The molecule has 4 N–H and O–H groups in total. The number of benzene rings is 3. The van der Waals surface area contributed by atoms with Gasteiger partial charge in [-0.3, -0.25) is 9.59 Å². The van der Waals surface area contributed by atoms with Crippen LogP contribution in [0, 0.1) is 0 Å². The Balaban J connectivity index is 1.27. The molecule has 0 fully saturated rings. The summed E-state index contributed by atoms with van der Waals surface area (Å²) in [5.41, 5.74) is -0.0247. The largest absolute Gasteiger partial charge is 0.418 e. The van der Waals surface area contributed by atoms with Crippen LogP contribution in [0.3, 0.4) is 0 Å². The minimum atomic E-state index is -4.77. The summed E-state index contributed by atoms with van der Waals surface area (Å²) in [6.07, 6.45) is -4.77. The molecule has 0 unspecified atom stereocenters. The first-order valence-electron chi connectivity index (χ1n) is 12.6. The van der Waals surface area contributed by atoms with Crippen molar-refractivity contribution in [3.05, 3.63) is 93.6 Å². The van der Waals surface area contributed by atoms with Gasteiger partial charge < -0.3 is 25.8 Å². The number of thiophene rings is 1. The van der Waals surface area contributed by atoms with E-state index in [1.54, 1.807) is 53.9 Å². The Labute approximate surface area is 256 Å². The number of alkyl halides is 3. The zero-order valence-electron chi connectivity index (χ0n) is 22.5. The predicted molar refractivity (Wildman–Crippen MR) is 161 cm³/mol. The number of carbonyl (C=O) groups excluding carboxylic acids is 3. The minimum Gasteiger partial charge on any atom is -0.334 e. The standard InChI is InChI=1S/C29H20ClF3N6O4S/c1-15(40)34-23-10-8-18(13-21(23)29(31,32)33)37-28(42)36-17-5-2-4-16(12-17)27-38-25(39-43-27)20-9-7-19(14-22(20)30)35-26(41)24-6-3-11-44-24/h2-14H,1H3,(H,34,40)(H,35,41)(H2,36,37,42). The van der Waals surface area contributed by atoms with Crippen LogP contribution in [-0.2, 0) is 11.0 Å². The van der Waals surface area contributed by atoms with Crippen LogP contribution < -0.4 is 21.3 Å². The smallest absolute Gasteiger partial charge is 0.334 e. The molecule has 15 heteroatoms. The number of nitrogens with one attached hydrogen (secondary N) is 4. The number of aromatic nitrogens is 2. The highest BCUT2D eigenvalue weighted by molar-refractivity contribution is 7.12. The summed E-state index contributed by atoms with van der Waals surface area (Å²) in [5.74, 6) is -0.642. The second-order valence-electron chi connectivity index (χ2n) is 9.15. The lowest BCUT2D eigenvalue weighted by atomic mass is 10.1. The summed E-state index contributed by atoms with van der Waals surface area (Å²) in [4.78, 5) is 41.1. The van der Waals surface area contributed by atoms with Crippen molar-refractivity contribution in [2.75, 3.05) is 21.3 Å². The molecule has 4 amide bonds. The van der Waals surface area contributed by atoms with Crippen LogP contribution in [0.2, 0.25) is 5.02 Å². The minimum absolute atomic E-state index is 0.110. The second-order valence-corrected chi connectivity index (χ2v) is 10.5. The Morgan fingerprint density at radius 2 is 1.59 bits per heavy atom. The Morgan fingerprint density at radius 3 is 2.27 bits per heavy atom. The number of hydrogen-bond donors (Lipinski definition) is 4. The van der Waals surface area contributed by atoms with Crippen molar-refractivity contribution in [1.82, 2.24) is 10.1 Å². The maximum atomic E-state index is 13.5. The quantitative estimate of drug-likeness (QED) is 0.142. The van der Waals surface area contributed by atoms with Gasteiger partial charge in [-0.05, 0) is 66.0 Å². The van der Waals surface area contributed by atoms with Gasteiger partial charge in [0, 0.05) is 35.1 Å². The van der Waals surface area contributed by atoms with E-state index in [1.165, 1.54) is 23.5 Å². The van der Waals surface area contributed by atoms with Crippen LogP contribution in [0.5, 0.6) is 0 Å². The average molecular weight is 641 g/mol. The summed E-state index contributed by atoms with van der Waals surface area (Å²) in [5, 5.41) is 15.8. The van der Waals surface area contributed by atoms with E-state index in [-0.39, 0.29) is 34.0 Å². The Hall–Kier alpha value is -5.21. The highest BCUT2D eigenvalue weighted by Gasteiger charge is 2.34. The maximum absolute atomic E-state index is 13.5. The molecule has 0 atom stereocenters. The van der Waals surface area contributed by atoms with Crippen LogP contribution in [0.25, 0.3) is 22.8 Å².